The van der Waals surface area contributed by atoms with Crippen LogP contribution < -0.4 is 10.2 Å². The van der Waals surface area contributed by atoms with Crippen molar-refractivity contribution in [3.8, 4) is 11.3 Å². The van der Waals surface area contributed by atoms with Gasteiger partial charge in [0, 0.05) is 36.0 Å². The maximum atomic E-state index is 12.9. The monoisotopic (exact) mass is 511 g/mol. The van der Waals surface area contributed by atoms with Crippen molar-refractivity contribution in [3.05, 3.63) is 78.1 Å². The third-order valence-corrected chi connectivity index (χ3v) is 6.90. The molecule has 38 heavy (non-hydrogen) atoms. The number of H-pyrrole nitrogens is 1. The highest BCUT2D eigenvalue weighted by Crippen LogP contribution is 2.31. The van der Waals surface area contributed by atoms with E-state index in [4.69, 9.17) is 9.72 Å². The van der Waals surface area contributed by atoms with Crippen LogP contribution in [0.2, 0.25) is 0 Å². The number of hydrogen-bond donors (Lipinski definition) is 2. The molecule has 0 radical (unpaired) electrons. The average Bonchev–Trinajstić information content (AvgIpc) is 3.50. The van der Waals surface area contributed by atoms with E-state index in [1.54, 1.807) is 12.4 Å². The van der Waals surface area contributed by atoms with Crippen LogP contribution >= 0.6 is 0 Å². The van der Waals surface area contributed by atoms with Crippen LogP contribution in [0.4, 0.5) is 10.5 Å². The van der Waals surface area contributed by atoms with Gasteiger partial charge in [-0.05, 0) is 31.0 Å². The summed E-state index contributed by atoms with van der Waals surface area (Å²) in [6, 6.07) is 17.8. The molecular weight excluding hydrogens is 478 g/mol. The lowest BCUT2D eigenvalue weighted by Crippen LogP contribution is -2.48. The number of benzene rings is 2. The third-order valence-electron chi connectivity index (χ3n) is 6.90. The van der Waals surface area contributed by atoms with Gasteiger partial charge in [-0.3, -0.25) is 4.79 Å². The lowest BCUT2D eigenvalue weighted by atomic mass is 9.87. The highest BCUT2D eigenvalue weighted by molar-refractivity contribution is 6.08. The second-order valence-corrected chi connectivity index (χ2v) is 11.2. The molecule has 1 amide bonds. The highest BCUT2D eigenvalue weighted by Gasteiger charge is 2.36. The van der Waals surface area contributed by atoms with Crippen LogP contribution in [0, 0.1) is 5.41 Å². The zero-order valence-corrected chi connectivity index (χ0v) is 22.2. The summed E-state index contributed by atoms with van der Waals surface area (Å²) in [6.45, 7) is 9.43. The minimum atomic E-state index is -0.517. The molecule has 0 saturated carbocycles. The Bertz CT molecular complexity index is 1470. The van der Waals surface area contributed by atoms with Crippen molar-refractivity contribution in [2.75, 3.05) is 18.0 Å². The van der Waals surface area contributed by atoms with Crippen LogP contribution in [-0.4, -0.2) is 45.5 Å². The fourth-order valence-electron chi connectivity index (χ4n) is 4.76. The smallest absolute Gasteiger partial charge is 0.407 e. The first-order chi connectivity index (χ1) is 18.1. The molecule has 1 aliphatic rings. The minimum absolute atomic E-state index is 0.0232. The summed E-state index contributed by atoms with van der Waals surface area (Å²) in [7, 11) is 0. The van der Waals surface area contributed by atoms with E-state index in [1.165, 1.54) is 0 Å². The number of nitrogens with zero attached hydrogens (tertiary/aromatic N) is 3. The molecule has 1 unspecified atom stereocenters. The lowest BCUT2D eigenvalue weighted by Gasteiger charge is -2.26. The number of fused-ring (bicyclic) bond motifs is 1. The van der Waals surface area contributed by atoms with Crippen molar-refractivity contribution in [1.82, 2.24) is 20.3 Å². The van der Waals surface area contributed by atoms with E-state index in [0.717, 1.165) is 29.8 Å². The molecule has 0 bridgehead atoms. The Morgan fingerprint density at radius 2 is 1.92 bits per heavy atom. The van der Waals surface area contributed by atoms with Crippen molar-refractivity contribution >= 4 is 28.7 Å². The van der Waals surface area contributed by atoms with Crippen molar-refractivity contribution in [3.63, 3.8) is 0 Å². The number of alkyl carbamates (subject to hydrolysis) is 1. The SMILES string of the molecule is CC1(NC(=O)OCc2ccccc2)CCN(c2cccc(-c3cnc4[nH]cc(C(=O)C(C)(C)C)c4n3)c2)C1. The van der Waals surface area contributed by atoms with E-state index in [-0.39, 0.29) is 12.4 Å². The first-order valence-corrected chi connectivity index (χ1v) is 12.8. The Morgan fingerprint density at radius 1 is 1.13 bits per heavy atom. The van der Waals surface area contributed by atoms with Crippen LogP contribution in [0.25, 0.3) is 22.4 Å². The number of nitrogens with one attached hydrogen (secondary N) is 2. The number of anilines is 1. The molecule has 1 fully saturated rings. The maximum Gasteiger partial charge on any atom is 0.407 e. The van der Waals surface area contributed by atoms with Gasteiger partial charge in [0.2, 0.25) is 0 Å². The molecule has 0 aliphatic carbocycles. The van der Waals surface area contributed by atoms with E-state index >= 15 is 0 Å². The topological polar surface area (TPSA) is 100 Å². The molecule has 2 aromatic heterocycles. The molecule has 5 rings (SSSR count). The fourth-order valence-corrected chi connectivity index (χ4v) is 4.76. The number of carbonyl (C=O) groups is 2. The maximum absolute atomic E-state index is 12.9. The Kier molecular flexibility index (Phi) is 6.65. The fraction of sp³-hybridized carbons (Fsp3) is 0.333. The van der Waals surface area contributed by atoms with Crippen LogP contribution in [0.1, 0.15) is 50.0 Å². The zero-order chi connectivity index (χ0) is 26.9. The number of ketones is 1. The summed E-state index contributed by atoms with van der Waals surface area (Å²) in [6.07, 6.45) is 3.80. The Morgan fingerprint density at radius 3 is 2.68 bits per heavy atom. The van der Waals surface area contributed by atoms with E-state index in [1.807, 2.05) is 70.2 Å². The van der Waals surface area contributed by atoms with E-state index in [2.05, 4.69) is 32.3 Å². The Balaban J connectivity index is 1.29. The zero-order valence-electron chi connectivity index (χ0n) is 22.2. The molecule has 196 valence electrons. The van der Waals surface area contributed by atoms with Crippen molar-refractivity contribution in [1.29, 1.82) is 0 Å². The quantitative estimate of drug-likeness (QED) is 0.320. The number of rotatable bonds is 6. The molecule has 2 aromatic carbocycles. The summed E-state index contributed by atoms with van der Waals surface area (Å²) >= 11 is 0. The van der Waals surface area contributed by atoms with Crippen molar-refractivity contribution in [2.45, 2.75) is 46.3 Å². The van der Waals surface area contributed by atoms with Crippen molar-refractivity contribution < 1.29 is 14.3 Å². The number of hydrogen-bond acceptors (Lipinski definition) is 6. The number of ether oxygens (including phenoxy) is 1. The summed E-state index contributed by atoms with van der Waals surface area (Å²) in [5, 5.41) is 3.06. The first-order valence-electron chi connectivity index (χ1n) is 12.8. The Labute approximate surface area is 222 Å². The van der Waals surface area contributed by atoms with Gasteiger partial charge in [-0.2, -0.15) is 0 Å². The van der Waals surface area contributed by atoms with Crippen LogP contribution in [0.3, 0.4) is 0 Å². The van der Waals surface area contributed by atoms with Crippen LogP contribution in [-0.2, 0) is 11.3 Å². The van der Waals surface area contributed by atoms with Gasteiger partial charge in [0.25, 0.3) is 0 Å². The van der Waals surface area contributed by atoms with Gasteiger partial charge >= 0.3 is 6.09 Å². The normalized spacial score (nSPS) is 17.5. The second kappa shape index (κ2) is 9.93. The van der Waals surface area contributed by atoms with Gasteiger partial charge in [-0.25, -0.2) is 14.8 Å². The van der Waals surface area contributed by atoms with E-state index < -0.39 is 17.0 Å². The second-order valence-electron chi connectivity index (χ2n) is 11.2. The number of carbonyl (C=O) groups excluding carboxylic acids is 2. The summed E-state index contributed by atoms with van der Waals surface area (Å²) in [5.41, 5.74) is 4.41. The van der Waals surface area contributed by atoms with Crippen LogP contribution in [0.15, 0.2) is 67.0 Å². The predicted octanol–water partition coefficient (Wildman–Crippen LogP) is 5.75. The molecule has 4 aromatic rings. The van der Waals surface area contributed by atoms with Gasteiger partial charge in [0.15, 0.2) is 11.4 Å². The minimum Gasteiger partial charge on any atom is -0.445 e. The van der Waals surface area contributed by atoms with E-state index in [9.17, 15) is 9.59 Å². The van der Waals surface area contributed by atoms with Gasteiger partial charge < -0.3 is 19.9 Å². The third kappa shape index (κ3) is 5.39. The molecule has 0 spiro atoms. The lowest BCUT2D eigenvalue weighted by molar-refractivity contribution is 0.0860. The first kappa shape index (κ1) is 25.4. The molecule has 8 heteroatoms. The molecule has 1 aliphatic heterocycles. The summed E-state index contributed by atoms with van der Waals surface area (Å²) in [4.78, 5) is 40.1. The predicted molar refractivity (Wildman–Crippen MR) is 148 cm³/mol. The molecule has 1 saturated heterocycles. The molecule has 2 N–H and O–H groups in total. The standard InChI is InChI=1S/C30H33N5O3/c1-29(2,3)26(36)23-16-31-27-25(23)33-24(17-32-27)21-11-8-12-22(15-21)35-14-13-30(4,19-35)34-28(37)38-18-20-9-6-5-7-10-20/h5-12,15-17H,13-14,18-19H2,1-4H3,(H,31,32)(H,34,37). The highest BCUT2D eigenvalue weighted by atomic mass is 16.5. The Hall–Kier alpha value is -4.20. The number of Topliss-reactive ketones (excluding diaryl/α,β-unsaturated/α-hetero) is 1. The largest absolute Gasteiger partial charge is 0.445 e. The molecule has 1 atom stereocenters. The van der Waals surface area contributed by atoms with Gasteiger partial charge in [-0.15, -0.1) is 0 Å². The number of amides is 1. The van der Waals surface area contributed by atoms with Gasteiger partial charge in [0.1, 0.15) is 12.1 Å². The van der Waals surface area contributed by atoms with Crippen molar-refractivity contribution in [2.24, 2.45) is 5.41 Å². The summed E-state index contributed by atoms with van der Waals surface area (Å²) < 4.78 is 5.44. The number of aromatic amines is 1. The van der Waals surface area contributed by atoms with Gasteiger partial charge in [-0.1, -0.05) is 63.2 Å². The van der Waals surface area contributed by atoms with E-state index in [0.29, 0.717) is 29.0 Å². The molecular formula is C30H33N5O3. The summed E-state index contributed by atoms with van der Waals surface area (Å²) in [5.74, 6) is 0.0232. The molecule has 8 nitrogen and oxygen atoms in total. The average molecular weight is 512 g/mol. The number of aromatic nitrogens is 3. The molecule has 3 heterocycles. The van der Waals surface area contributed by atoms with Gasteiger partial charge in [0.05, 0.1) is 23.0 Å². The van der Waals surface area contributed by atoms with Crippen LogP contribution in [0.5, 0.6) is 0 Å².